The first-order valence-electron chi connectivity index (χ1n) is 18.0. The highest BCUT2D eigenvalue weighted by Gasteiger charge is 2.35. The molecule has 0 unspecified atom stereocenters. The lowest BCUT2D eigenvalue weighted by molar-refractivity contribution is 0.660. The Morgan fingerprint density at radius 2 is 1.13 bits per heavy atom. The fraction of sp³-hybridized carbons (Fsp3) is 0.0612. The normalized spacial score (nSPS) is 13.7. The molecule has 3 heteroatoms. The van der Waals surface area contributed by atoms with E-state index in [4.69, 9.17) is 0 Å². The minimum atomic E-state index is -0.0925. The van der Waals surface area contributed by atoms with Crippen LogP contribution < -0.4 is 4.90 Å². The van der Waals surface area contributed by atoms with E-state index in [1.165, 1.54) is 75.7 Å². The monoisotopic (exact) mass is 682 g/mol. The topological polar surface area (TPSA) is 8.17 Å². The molecule has 8 aromatic carbocycles. The molecule has 0 spiro atoms. The Kier molecular flexibility index (Phi) is 6.27. The Hall–Kier alpha value is -6.03. The van der Waals surface area contributed by atoms with Crippen LogP contribution in [0.3, 0.4) is 0 Å². The number of nitrogens with zero attached hydrogens (tertiary/aromatic N) is 2. The van der Waals surface area contributed by atoms with E-state index < -0.39 is 0 Å². The third-order valence-corrected chi connectivity index (χ3v) is 12.5. The lowest BCUT2D eigenvalue weighted by Gasteiger charge is -2.28. The van der Waals surface area contributed by atoms with E-state index in [1.807, 2.05) is 11.8 Å². The first kappa shape index (κ1) is 29.7. The number of anilines is 3. The molecule has 2 heterocycles. The number of rotatable bonds is 5. The summed E-state index contributed by atoms with van der Waals surface area (Å²) in [4.78, 5) is 5.09. The van der Waals surface area contributed by atoms with Crippen LogP contribution >= 0.6 is 11.8 Å². The summed E-state index contributed by atoms with van der Waals surface area (Å²) in [6, 6.07) is 62.7. The van der Waals surface area contributed by atoms with E-state index in [0.29, 0.717) is 0 Å². The Bertz CT molecular complexity index is 2900. The predicted octanol–water partition coefficient (Wildman–Crippen LogP) is 13.8. The molecule has 0 fully saturated rings. The highest BCUT2D eigenvalue weighted by Crippen LogP contribution is 2.52. The largest absolute Gasteiger partial charge is 0.310 e. The SMILES string of the molecule is CC1(C)c2ccccc2-c2ccc(N(c3ccc(-n4c5cccc6c5c5c7c(cccc7ccc54)S6)cc3)c3cccc(-c4ccccc4)c3)cc21. The maximum Gasteiger partial charge on any atom is 0.0552 e. The van der Waals surface area contributed by atoms with Crippen LogP contribution in [0.5, 0.6) is 0 Å². The van der Waals surface area contributed by atoms with Crippen molar-refractivity contribution >= 4 is 61.4 Å². The van der Waals surface area contributed by atoms with Gasteiger partial charge in [-0.2, -0.15) is 0 Å². The summed E-state index contributed by atoms with van der Waals surface area (Å²) < 4.78 is 2.45. The van der Waals surface area contributed by atoms with Crippen LogP contribution in [0.1, 0.15) is 25.0 Å². The van der Waals surface area contributed by atoms with Crippen molar-refractivity contribution in [3.05, 3.63) is 181 Å². The van der Waals surface area contributed by atoms with E-state index in [9.17, 15) is 0 Å². The maximum atomic E-state index is 2.45. The van der Waals surface area contributed by atoms with E-state index >= 15 is 0 Å². The lowest BCUT2D eigenvalue weighted by Crippen LogP contribution is -2.16. The maximum absolute atomic E-state index is 2.45. The van der Waals surface area contributed by atoms with Gasteiger partial charge in [0.2, 0.25) is 0 Å². The molecule has 0 saturated carbocycles. The molecule has 2 aliphatic rings. The van der Waals surface area contributed by atoms with Crippen LogP contribution in [0.2, 0.25) is 0 Å². The molecule has 1 aliphatic carbocycles. The van der Waals surface area contributed by atoms with Crippen LogP contribution in [0, 0.1) is 0 Å². The van der Waals surface area contributed by atoms with Gasteiger partial charge in [0.1, 0.15) is 0 Å². The molecule has 0 saturated heterocycles. The number of fused-ring (bicyclic) bond motifs is 3. The predicted molar refractivity (Wildman–Crippen MR) is 220 cm³/mol. The molecule has 2 nitrogen and oxygen atoms in total. The quantitative estimate of drug-likeness (QED) is 0.179. The first-order valence-corrected chi connectivity index (χ1v) is 18.8. The van der Waals surface area contributed by atoms with Gasteiger partial charge in [-0.25, -0.2) is 0 Å². The fourth-order valence-electron chi connectivity index (χ4n) is 8.91. The van der Waals surface area contributed by atoms with Crippen LogP contribution in [0.15, 0.2) is 180 Å². The third kappa shape index (κ3) is 4.20. The molecule has 0 N–H and O–H groups in total. The Morgan fingerprint density at radius 1 is 0.462 bits per heavy atom. The van der Waals surface area contributed by atoms with E-state index in [-0.39, 0.29) is 5.41 Å². The second kappa shape index (κ2) is 11.0. The van der Waals surface area contributed by atoms with Gasteiger partial charge in [-0.3, -0.25) is 0 Å². The van der Waals surface area contributed by atoms with Crippen molar-refractivity contribution in [3.8, 4) is 27.9 Å². The molecule has 1 aliphatic heterocycles. The van der Waals surface area contributed by atoms with Gasteiger partial charge in [0.15, 0.2) is 0 Å². The van der Waals surface area contributed by atoms with Crippen molar-refractivity contribution in [2.45, 2.75) is 29.1 Å². The highest BCUT2D eigenvalue weighted by atomic mass is 32.2. The molecular weight excluding hydrogens is 649 g/mol. The highest BCUT2D eigenvalue weighted by molar-refractivity contribution is 8.00. The van der Waals surface area contributed by atoms with Crippen molar-refractivity contribution in [2.24, 2.45) is 0 Å². The molecule has 0 radical (unpaired) electrons. The van der Waals surface area contributed by atoms with Crippen molar-refractivity contribution in [3.63, 3.8) is 0 Å². The third-order valence-electron chi connectivity index (χ3n) is 11.3. The summed E-state index contributed by atoms with van der Waals surface area (Å²) >= 11 is 1.89. The molecule has 1 aromatic heterocycles. The average molecular weight is 683 g/mol. The molecule has 0 bridgehead atoms. The van der Waals surface area contributed by atoms with Gasteiger partial charge >= 0.3 is 0 Å². The van der Waals surface area contributed by atoms with Gasteiger partial charge in [-0.15, -0.1) is 0 Å². The van der Waals surface area contributed by atoms with Crippen LogP contribution in [-0.4, -0.2) is 4.57 Å². The number of hydrogen-bond donors (Lipinski definition) is 0. The zero-order valence-electron chi connectivity index (χ0n) is 29.0. The van der Waals surface area contributed by atoms with Gasteiger partial charge < -0.3 is 9.47 Å². The molecule has 246 valence electrons. The van der Waals surface area contributed by atoms with Gasteiger partial charge in [0.25, 0.3) is 0 Å². The minimum Gasteiger partial charge on any atom is -0.310 e. The molecule has 0 amide bonds. The lowest BCUT2D eigenvalue weighted by atomic mass is 9.82. The molecule has 9 aromatic rings. The Balaban J connectivity index is 1.09. The van der Waals surface area contributed by atoms with Crippen LogP contribution in [-0.2, 0) is 5.41 Å². The number of aromatic nitrogens is 1. The van der Waals surface area contributed by atoms with Crippen molar-refractivity contribution < 1.29 is 0 Å². The Labute approximate surface area is 307 Å². The standard InChI is InChI=1S/C49H34N2S/c1-49(2)40-17-7-6-16-38(40)39-27-26-37(30-41(39)49)50(36-15-8-14-33(29-36)31-11-4-3-5-12-31)34-22-24-35(25-23-34)51-42-18-10-20-45-47(42)48-43(51)28-21-32-13-9-19-44(52-45)46(32)48/h3-30H,1-2H3. The van der Waals surface area contributed by atoms with Crippen LogP contribution in [0.4, 0.5) is 17.1 Å². The number of benzene rings is 8. The summed E-state index contributed by atoms with van der Waals surface area (Å²) in [5, 5.41) is 5.39. The molecule has 11 rings (SSSR count). The second-order valence-electron chi connectivity index (χ2n) is 14.6. The molecule has 52 heavy (non-hydrogen) atoms. The summed E-state index contributed by atoms with van der Waals surface area (Å²) in [7, 11) is 0. The summed E-state index contributed by atoms with van der Waals surface area (Å²) in [6.07, 6.45) is 0. The zero-order valence-corrected chi connectivity index (χ0v) is 29.8. The van der Waals surface area contributed by atoms with E-state index in [2.05, 4.69) is 193 Å². The molecule has 0 atom stereocenters. The Morgan fingerprint density at radius 3 is 2.00 bits per heavy atom. The van der Waals surface area contributed by atoms with Gasteiger partial charge in [-0.1, -0.05) is 123 Å². The van der Waals surface area contributed by atoms with E-state index in [1.54, 1.807) is 0 Å². The second-order valence-corrected chi connectivity index (χ2v) is 15.7. The van der Waals surface area contributed by atoms with Crippen molar-refractivity contribution in [2.75, 3.05) is 4.90 Å². The van der Waals surface area contributed by atoms with Gasteiger partial charge in [-0.05, 0) is 112 Å². The van der Waals surface area contributed by atoms with Gasteiger partial charge in [0.05, 0.1) is 11.0 Å². The zero-order chi connectivity index (χ0) is 34.6. The smallest absolute Gasteiger partial charge is 0.0552 e. The summed E-state index contributed by atoms with van der Waals surface area (Å²) in [5.41, 5.74) is 14.8. The fourth-order valence-corrected chi connectivity index (χ4v) is 10.1. The van der Waals surface area contributed by atoms with E-state index in [0.717, 1.165) is 22.7 Å². The molecular formula is C49H34N2S. The van der Waals surface area contributed by atoms with Crippen molar-refractivity contribution in [1.82, 2.24) is 4.57 Å². The average Bonchev–Trinajstić information content (AvgIpc) is 3.65. The first-order chi connectivity index (χ1) is 25.5. The number of hydrogen-bond acceptors (Lipinski definition) is 2. The summed E-state index contributed by atoms with van der Waals surface area (Å²) in [5.74, 6) is 0. The van der Waals surface area contributed by atoms with Gasteiger partial charge in [0, 0.05) is 54.1 Å². The summed E-state index contributed by atoms with van der Waals surface area (Å²) in [6.45, 7) is 4.71. The minimum absolute atomic E-state index is 0.0925. The van der Waals surface area contributed by atoms with Crippen LogP contribution in [0.25, 0.3) is 60.5 Å². The van der Waals surface area contributed by atoms with Crippen molar-refractivity contribution in [1.29, 1.82) is 0 Å².